The lowest BCUT2D eigenvalue weighted by Gasteiger charge is -2.43. The summed E-state index contributed by atoms with van der Waals surface area (Å²) in [4.78, 5) is 6.96. The molecule has 2 aliphatic heterocycles. The van der Waals surface area contributed by atoms with Gasteiger partial charge in [-0.15, -0.1) is 0 Å². The number of fused-ring (bicyclic) bond motifs is 2. The first-order valence-corrected chi connectivity index (χ1v) is 7.37. The number of hydrogen-bond acceptors (Lipinski definition) is 6. The Balaban J connectivity index is 2.05. The number of nitriles is 1. The molecule has 0 saturated carbocycles. The lowest BCUT2D eigenvalue weighted by atomic mass is 9.69. The zero-order chi connectivity index (χ0) is 15.2. The van der Waals surface area contributed by atoms with Gasteiger partial charge in [0.15, 0.2) is 5.89 Å². The van der Waals surface area contributed by atoms with Crippen LogP contribution in [0, 0.1) is 18.3 Å². The first kappa shape index (κ1) is 14.0. The van der Waals surface area contributed by atoms with Gasteiger partial charge in [0.05, 0.1) is 17.1 Å². The van der Waals surface area contributed by atoms with Crippen LogP contribution in [0.1, 0.15) is 38.3 Å². The number of oxazole rings is 1. The molecule has 6 heteroatoms. The molecule has 1 aromatic heterocycles. The van der Waals surface area contributed by atoms with Crippen molar-refractivity contribution in [2.45, 2.75) is 45.1 Å². The van der Waals surface area contributed by atoms with Crippen LogP contribution in [0.4, 0.5) is 5.88 Å². The molecule has 1 spiro atoms. The summed E-state index contributed by atoms with van der Waals surface area (Å²) in [6, 6.07) is 2.81. The quantitative estimate of drug-likeness (QED) is 0.819. The van der Waals surface area contributed by atoms with Crippen molar-refractivity contribution in [1.29, 1.82) is 5.26 Å². The van der Waals surface area contributed by atoms with Crippen molar-refractivity contribution < 1.29 is 4.42 Å². The van der Waals surface area contributed by atoms with E-state index in [-0.39, 0.29) is 0 Å². The summed E-state index contributed by atoms with van der Waals surface area (Å²) in [7, 11) is 0. The number of allylic oxidation sites excluding steroid dienone is 1. The second-order valence-corrected chi connectivity index (χ2v) is 6.15. The van der Waals surface area contributed by atoms with Gasteiger partial charge in [-0.05, 0) is 39.8 Å². The Kier molecular flexibility index (Phi) is 3.18. The van der Waals surface area contributed by atoms with Crippen LogP contribution in [0.3, 0.4) is 0 Å². The molecule has 21 heavy (non-hydrogen) atoms. The van der Waals surface area contributed by atoms with Crippen LogP contribution in [-0.4, -0.2) is 29.0 Å². The van der Waals surface area contributed by atoms with E-state index in [1.54, 1.807) is 0 Å². The van der Waals surface area contributed by atoms with E-state index >= 15 is 0 Å². The fourth-order valence-electron chi connectivity index (χ4n) is 3.47. The van der Waals surface area contributed by atoms with Crippen molar-refractivity contribution in [3.8, 4) is 6.07 Å². The predicted octanol–water partition coefficient (Wildman–Crippen LogP) is 1.84. The smallest absolute Gasteiger partial charge is 0.223 e. The van der Waals surface area contributed by atoms with E-state index < -0.39 is 5.41 Å². The number of aromatic nitrogens is 1. The fraction of sp³-hybridized carbons (Fsp3) is 0.600. The topological polar surface area (TPSA) is 91.1 Å². The maximum atomic E-state index is 9.59. The van der Waals surface area contributed by atoms with E-state index in [4.69, 9.17) is 10.2 Å². The van der Waals surface area contributed by atoms with E-state index in [1.165, 1.54) is 0 Å². The SMILES string of the molecule is Cc1nc2c(o1)NC(N)=C(C#N)C21CCN(C(C)C)CC1. The number of piperidine rings is 1. The molecule has 3 heterocycles. The maximum Gasteiger partial charge on any atom is 0.223 e. The molecule has 1 fully saturated rings. The number of hydrogen-bond donors (Lipinski definition) is 2. The van der Waals surface area contributed by atoms with Crippen molar-refractivity contribution in [2.75, 3.05) is 18.4 Å². The largest absolute Gasteiger partial charge is 0.425 e. The van der Waals surface area contributed by atoms with Crippen LogP contribution in [0.2, 0.25) is 0 Å². The molecule has 3 N–H and O–H groups in total. The fourth-order valence-corrected chi connectivity index (χ4v) is 3.47. The molecule has 0 aliphatic carbocycles. The van der Waals surface area contributed by atoms with Crippen LogP contribution in [-0.2, 0) is 5.41 Å². The molecule has 112 valence electrons. The third-order valence-electron chi connectivity index (χ3n) is 4.68. The Morgan fingerprint density at radius 1 is 1.43 bits per heavy atom. The Morgan fingerprint density at radius 2 is 2.10 bits per heavy atom. The second-order valence-electron chi connectivity index (χ2n) is 6.15. The lowest BCUT2D eigenvalue weighted by Crippen LogP contribution is -2.48. The van der Waals surface area contributed by atoms with Gasteiger partial charge in [0.1, 0.15) is 11.5 Å². The zero-order valence-electron chi connectivity index (χ0n) is 12.7. The third kappa shape index (κ3) is 2.00. The number of nitrogens with two attached hydrogens (primary N) is 1. The summed E-state index contributed by atoms with van der Waals surface area (Å²) in [6.45, 7) is 8.07. The van der Waals surface area contributed by atoms with Gasteiger partial charge < -0.3 is 20.4 Å². The van der Waals surface area contributed by atoms with Gasteiger partial charge in [-0.2, -0.15) is 5.26 Å². The summed E-state index contributed by atoms with van der Waals surface area (Å²) >= 11 is 0. The number of nitrogens with one attached hydrogen (secondary N) is 1. The van der Waals surface area contributed by atoms with Crippen molar-refractivity contribution in [1.82, 2.24) is 9.88 Å². The normalized spacial score (nSPS) is 21.3. The van der Waals surface area contributed by atoms with E-state index in [0.29, 0.717) is 29.2 Å². The van der Waals surface area contributed by atoms with Gasteiger partial charge in [-0.3, -0.25) is 0 Å². The Labute approximate surface area is 124 Å². The highest BCUT2D eigenvalue weighted by molar-refractivity contribution is 5.61. The summed E-state index contributed by atoms with van der Waals surface area (Å²) in [5.74, 6) is 1.60. The molecule has 1 saturated heterocycles. The van der Waals surface area contributed by atoms with E-state index in [2.05, 4.69) is 35.1 Å². The third-order valence-corrected chi connectivity index (χ3v) is 4.68. The van der Waals surface area contributed by atoms with Gasteiger partial charge in [0, 0.05) is 13.0 Å². The lowest BCUT2D eigenvalue weighted by molar-refractivity contribution is 0.143. The highest BCUT2D eigenvalue weighted by Gasteiger charge is 2.48. The van der Waals surface area contributed by atoms with Gasteiger partial charge >= 0.3 is 0 Å². The number of likely N-dealkylation sites (tertiary alicyclic amines) is 1. The molecule has 0 aromatic carbocycles. The minimum absolute atomic E-state index is 0.400. The molecule has 0 bridgehead atoms. The van der Waals surface area contributed by atoms with E-state index in [1.807, 2.05) is 6.92 Å². The monoisotopic (exact) mass is 287 g/mol. The van der Waals surface area contributed by atoms with Crippen molar-refractivity contribution in [3.63, 3.8) is 0 Å². The molecule has 6 nitrogen and oxygen atoms in total. The first-order valence-electron chi connectivity index (χ1n) is 7.37. The number of rotatable bonds is 1. The molecule has 2 aliphatic rings. The summed E-state index contributed by atoms with van der Waals surface area (Å²) in [5.41, 5.74) is 7.10. The first-order chi connectivity index (χ1) is 9.98. The maximum absolute atomic E-state index is 9.59. The minimum atomic E-state index is -0.400. The van der Waals surface area contributed by atoms with Gasteiger partial charge in [0.2, 0.25) is 5.88 Å². The van der Waals surface area contributed by atoms with Crippen molar-refractivity contribution in [3.05, 3.63) is 23.0 Å². The van der Waals surface area contributed by atoms with Gasteiger partial charge in [-0.1, -0.05) is 0 Å². The summed E-state index contributed by atoms with van der Waals surface area (Å²) < 4.78 is 5.61. The number of anilines is 1. The van der Waals surface area contributed by atoms with Gasteiger partial charge in [0.25, 0.3) is 0 Å². The standard InChI is InChI=1S/C15H21N5O/c1-9(2)20-6-4-15(5-7-20)11(8-16)13(17)19-14-12(15)18-10(3)21-14/h9,19H,4-7,17H2,1-3H3. The molecule has 1 aromatic rings. The number of aryl methyl sites for hydroxylation is 1. The average Bonchev–Trinajstić information content (AvgIpc) is 2.81. The molecule has 0 unspecified atom stereocenters. The van der Waals surface area contributed by atoms with Crippen molar-refractivity contribution in [2.24, 2.45) is 5.73 Å². The van der Waals surface area contributed by atoms with Crippen LogP contribution < -0.4 is 11.1 Å². The van der Waals surface area contributed by atoms with E-state index in [0.717, 1.165) is 31.6 Å². The van der Waals surface area contributed by atoms with E-state index in [9.17, 15) is 5.26 Å². The highest BCUT2D eigenvalue weighted by Crippen LogP contribution is 2.47. The average molecular weight is 287 g/mol. The van der Waals surface area contributed by atoms with Crippen molar-refractivity contribution >= 4 is 5.88 Å². The molecule has 0 radical (unpaired) electrons. The Hall–Kier alpha value is -2.00. The van der Waals surface area contributed by atoms with Crippen LogP contribution in [0.15, 0.2) is 15.8 Å². The Bertz CT molecular complexity index is 629. The molecule has 3 rings (SSSR count). The second kappa shape index (κ2) is 4.78. The van der Waals surface area contributed by atoms with Gasteiger partial charge in [-0.25, -0.2) is 4.98 Å². The van der Waals surface area contributed by atoms with Crippen LogP contribution >= 0.6 is 0 Å². The molecular weight excluding hydrogens is 266 g/mol. The van der Waals surface area contributed by atoms with Crippen LogP contribution in [0.5, 0.6) is 0 Å². The molecule has 0 atom stereocenters. The summed E-state index contributed by atoms with van der Waals surface area (Å²) in [5, 5.41) is 12.6. The van der Waals surface area contributed by atoms with Crippen LogP contribution in [0.25, 0.3) is 0 Å². The minimum Gasteiger partial charge on any atom is -0.425 e. The molecular formula is C15H21N5O. The predicted molar refractivity (Wildman–Crippen MR) is 79.3 cm³/mol. The summed E-state index contributed by atoms with van der Waals surface area (Å²) in [6.07, 6.45) is 1.69. The highest BCUT2D eigenvalue weighted by atomic mass is 16.4. The number of nitrogens with zero attached hydrogens (tertiary/aromatic N) is 3. The molecule has 0 amide bonds. The Morgan fingerprint density at radius 3 is 2.67 bits per heavy atom. The zero-order valence-corrected chi connectivity index (χ0v) is 12.7.